The Kier molecular flexibility index (Phi) is 3.06. The van der Waals surface area contributed by atoms with E-state index < -0.39 is 0 Å². The van der Waals surface area contributed by atoms with E-state index in [0.29, 0.717) is 17.4 Å². The van der Waals surface area contributed by atoms with Crippen molar-refractivity contribution >= 4 is 26.7 Å². The van der Waals surface area contributed by atoms with E-state index in [4.69, 9.17) is 4.52 Å². The summed E-state index contributed by atoms with van der Waals surface area (Å²) in [5.41, 5.74) is 0.693. The van der Waals surface area contributed by atoms with E-state index in [1.165, 1.54) is 0 Å². The van der Waals surface area contributed by atoms with Gasteiger partial charge in [0.1, 0.15) is 5.69 Å². The number of hydrogen-bond donors (Lipinski definition) is 0. The van der Waals surface area contributed by atoms with Gasteiger partial charge in [0, 0.05) is 22.0 Å². The number of benzene rings is 1. The fraction of sp³-hybridized carbons (Fsp3) is 0.214. The minimum Gasteiger partial charge on any atom is -0.332 e. The van der Waals surface area contributed by atoms with Crippen molar-refractivity contribution in [3.8, 4) is 11.6 Å². The molecule has 19 heavy (non-hydrogen) atoms. The van der Waals surface area contributed by atoms with Crippen LogP contribution < -0.4 is 0 Å². The summed E-state index contributed by atoms with van der Waals surface area (Å²) in [6, 6.07) is 7.96. The Morgan fingerprint density at radius 1 is 1.26 bits per heavy atom. The van der Waals surface area contributed by atoms with Crippen molar-refractivity contribution in [2.45, 2.75) is 19.8 Å². The Balaban J connectivity index is 2.11. The molecule has 1 aromatic carbocycles. The second-order valence-corrected chi connectivity index (χ2v) is 5.50. The van der Waals surface area contributed by atoms with E-state index in [2.05, 4.69) is 31.1 Å². The summed E-state index contributed by atoms with van der Waals surface area (Å²) in [5.74, 6) is 1.40. The molecule has 0 radical (unpaired) electrons. The molecule has 0 atom stereocenters. The van der Waals surface area contributed by atoms with Crippen LogP contribution in [-0.4, -0.2) is 15.1 Å². The minimum absolute atomic E-state index is 0.240. The Labute approximate surface area is 119 Å². The molecule has 0 aliphatic rings. The summed E-state index contributed by atoms with van der Waals surface area (Å²) >= 11 is 3.54. The van der Waals surface area contributed by atoms with Gasteiger partial charge in [-0.3, -0.25) is 4.98 Å². The smallest absolute Gasteiger partial charge is 0.276 e. The largest absolute Gasteiger partial charge is 0.332 e. The fourth-order valence-electron chi connectivity index (χ4n) is 1.82. The lowest BCUT2D eigenvalue weighted by Crippen LogP contribution is -1.90. The van der Waals surface area contributed by atoms with Crippen LogP contribution in [0.4, 0.5) is 0 Å². The minimum atomic E-state index is 0.240. The van der Waals surface area contributed by atoms with Gasteiger partial charge in [0.15, 0.2) is 5.82 Å². The van der Waals surface area contributed by atoms with Crippen LogP contribution in [0.2, 0.25) is 0 Å². The normalized spacial score (nSPS) is 11.4. The zero-order chi connectivity index (χ0) is 13.4. The fourth-order valence-corrected chi connectivity index (χ4v) is 2.32. The first-order valence-electron chi connectivity index (χ1n) is 6.03. The van der Waals surface area contributed by atoms with Crippen LogP contribution in [0.5, 0.6) is 0 Å². The van der Waals surface area contributed by atoms with Crippen LogP contribution in [0.15, 0.2) is 39.5 Å². The molecule has 96 valence electrons. The Morgan fingerprint density at radius 3 is 2.84 bits per heavy atom. The summed E-state index contributed by atoms with van der Waals surface area (Å²) < 4.78 is 6.29. The molecular formula is C14H12BrN3O. The molecule has 0 saturated heterocycles. The maximum atomic E-state index is 5.26. The van der Waals surface area contributed by atoms with E-state index in [1.54, 1.807) is 0 Å². The standard InChI is InChI=1S/C14H12BrN3O/c1-8(2)13-17-14(19-18-13)12-6-10-9(7-16-12)4-3-5-11(10)15/h3-8H,1-2H3. The molecule has 0 fully saturated rings. The number of nitrogens with zero attached hydrogens (tertiary/aromatic N) is 3. The molecule has 0 bridgehead atoms. The van der Waals surface area contributed by atoms with Gasteiger partial charge in [0.05, 0.1) is 0 Å². The Hall–Kier alpha value is -1.75. The first-order chi connectivity index (χ1) is 9.15. The molecule has 0 unspecified atom stereocenters. The van der Waals surface area contributed by atoms with E-state index >= 15 is 0 Å². The van der Waals surface area contributed by atoms with Crippen molar-refractivity contribution in [2.75, 3.05) is 0 Å². The summed E-state index contributed by atoms with van der Waals surface area (Å²) in [7, 11) is 0. The predicted molar refractivity (Wildman–Crippen MR) is 76.8 cm³/mol. The molecule has 0 saturated carbocycles. The zero-order valence-corrected chi connectivity index (χ0v) is 12.2. The van der Waals surface area contributed by atoms with Crippen molar-refractivity contribution < 1.29 is 4.52 Å². The number of fused-ring (bicyclic) bond motifs is 1. The van der Waals surface area contributed by atoms with Crippen molar-refractivity contribution in [1.82, 2.24) is 15.1 Å². The summed E-state index contributed by atoms with van der Waals surface area (Å²) in [6.45, 7) is 4.05. The van der Waals surface area contributed by atoms with Gasteiger partial charge in [-0.25, -0.2) is 0 Å². The van der Waals surface area contributed by atoms with Crippen LogP contribution >= 0.6 is 15.9 Å². The molecular weight excluding hydrogens is 306 g/mol. The highest BCUT2D eigenvalue weighted by Gasteiger charge is 2.13. The molecule has 0 spiro atoms. The van der Waals surface area contributed by atoms with Gasteiger partial charge >= 0.3 is 0 Å². The van der Waals surface area contributed by atoms with E-state index in [-0.39, 0.29) is 5.92 Å². The van der Waals surface area contributed by atoms with Crippen molar-refractivity contribution in [3.05, 3.63) is 40.8 Å². The number of hydrogen-bond acceptors (Lipinski definition) is 4. The van der Waals surface area contributed by atoms with Gasteiger partial charge in [0.25, 0.3) is 5.89 Å². The van der Waals surface area contributed by atoms with Crippen LogP contribution in [0.3, 0.4) is 0 Å². The second-order valence-electron chi connectivity index (χ2n) is 4.64. The van der Waals surface area contributed by atoms with Gasteiger partial charge in [-0.05, 0) is 17.5 Å². The van der Waals surface area contributed by atoms with Gasteiger partial charge in [-0.1, -0.05) is 47.1 Å². The molecule has 3 rings (SSSR count). The maximum Gasteiger partial charge on any atom is 0.276 e. The molecule has 0 amide bonds. The van der Waals surface area contributed by atoms with Crippen LogP contribution in [0.25, 0.3) is 22.4 Å². The average molecular weight is 318 g/mol. The SMILES string of the molecule is CC(C)c1noc(-c2cc3c(Br)cccc3cn2)n1. The lowest BCUT2D eigenvalue weighted by atomic mass is 10.1. The van der Waals surface area contributed by atoms with Crippen molar-refractivity contribution in [2.24, 2.45) is 0 Å². The zero-order valence-electron chi connectivity index (χ0n) is 10.6. The highest BCUT2D eigenvalue weighted by Crippen LogP contribution is 2.27. The number of pyridine rings is 1. The maximum absolute atomic E-state index is 5.26. The molecule has 2 heterocycles. The van der Waals surface area contributed by atoms with Crippen molar-refractivity contribution in [3.63, 3.8) is 0 Å². The quantitative estimate of drug-likeness (QED) is 0.711. The van der Waals surface area contributed by atoms with Gasteiger partial charge in [0.2, 0.25) is 0 Å². The van der Waals surface area contributed by atoms with Crippen LogP contribution in [0, 0.1) is 0 Å². The highest BCUT2D eigenvalue weighted by atomic mass is 79.9. The molecule has 0 N–H and O–H groups in total. The van der Waals surface area contributed by atoms with Crippen LogP contribution in [-0.2, 0) is 0 Å². The third-order valence-electron chi connectivity index (χ3n) is 2.89. The van der Waals surface area contributed by atoms with Gasteiger partial charge < -0.3 is 4.52 Å². The second kappa shape index (κ2) is 4.74. The first kappa shape index (κ1) is 12.3. The summed E-state index contributed by atoms with van der Waals surface area (Å²) in [6.07, 6.45) is 1.81. The van der Waals surface area contributed by atoms with E-state index in [9.17, 15) is 0 Å². The molecule has 5 heteroatoms. The van der Waals surface area contributed by atoms with Crippen molar-refractivity contribution in [1.29, 1.82) is 0 Å². The first-order valence-corrected chi connectivity index (χ1v) is 6.82. The highest BCUT2D eigenvalue weighted by molar-refractivity contribution is 9.10. The topological polar surface area (TPSA) is 51.8 Å². The lowest BCUT2D eigenvalue weighted by Gasteiger charge is -2.01. The summed E-state index contributed by atoms with van der Waals surface area (Å²) in [5, 5.41) is 6.11. The lowest BCUT2D eigenvalue weighted by molar-refractivity contribution is 0.418. The Morgan fingerprint density at radius 2 is 2.11 bits per heavy atom. The van der Waals surface area contributed by atoms with E-state index in [0.717, 1.165) is 15.2 Å². The Bertz CT molecular complexity index is 736. The number of halogens is 1. The molecule has 0 aliphatic heterocycles. The van der Waals surface area contributed by atoms with Gasteiger partial charge in [-0.2, -0.15) is 4.98 Å². The third kappa shape index (κ3) is 2.26. The van der Waals surface area contributed by atoms with E-state index in [1.807, 2.05) is 44.3 Å². The molecule has 2 aromatic heterocycles. The average Bonchev–Trinajstić information content (AvgIpc) is 2.89. The monoisotopic (exact) mass is 317 g/mol. The molecule has 3 aromatic rings. The van der Waals surface area contributed by atoms with Crippen LogP contribution in [0.1, 0.15) is 25.6 Å². The molecule has 0 aliphatic carbocycles. The predicted octanol–water partition coefficient (Wildman–Crippen LogP) is 4.17. The summed E-state index contributed by atoms with van der Waals surface area (Å²) in [4.78, 5) is 8.73. The third-order valence-corrected chi connectivity index (χ3v) is 3.58. The number of aromatic nitrogens is 3. The van der Waals surface area contributed by atoms with Gasteiger partial charge in [-0.15, -0.1) is 0 Å². The number of rotatable bonds is 2. The molecule has 4 nitrogen and oxygen atoms in total.